The molecule has 0 spiro atoms. The van der Waals surface area contributed by atoms with Crippen LogP contribution in [0.25, 0.3) is 0 Å². The van der Waals surface area contributed by atoms with Gasteiger partial charge in [0, 0.05) is 42.7 Å². The van der Waals surface area contributed by atoms with Crippen LogP contribution in [-0.2, 0) is 11.3 Å². The highest BCUT2D eigenvalue weighted by atomic mass is 19.1. The Bertz CT molecular complexity index is 1110. The molecule has 0 radical (unpaired) electrons. The van der Waals surface area contributed by atoms with Crippen LogP contribution in [0.4, 0.5) is 8.78 Å². The minimum absolute atomic E-state index is 0.169. The first-order chi connectivity index (χ1) is 15.0. The molecule has 1 aliphatic heterocycles. The second-order valence-corrected chi connectivity index (χ2v) is 7.47. The zero-order valence-corrected chi connectivity index (χ0v) is 17.2. The molecule has 0 bridgehead atoms. The predicted octanol–water partition coefficient (Wildman–Crippen LogP) is 3.86. The molecular formula is C24H23F2N3O2. The van der Waals surface area contributed by atoms with Crippen LogP contribution in [0.2, 0.25) is 0 Å². The molecule has 5 nitrogen and oxygen atoms in total. The van der Waals surface area contributed by atoms with Gasteiger partial charge in [0.15, 0.2) is 0 Å². The summed E-state index contributed by atoms with van der Waals surface area (Å²) in [6.45, 7) is 2.86. The van der Waals surface area contributed by atoms with E-state index in [-0.39, 0.29) is 30.4 Å². The van der Waals surface area contributed by atoms with Crippen molar-refractivity contribution in [2.75, 3.05) is 19.6 Å². The van der Waals surface area contributed by atoms with Gasteiger partial charge in [-0.15, -0.1) is 0 Å². The summed E-state index contributed by atoms with van der Waals surface area (Å²) in [4.78, 5) is 29.2. The molecule has 4 rings (SSSR count). The molecule has 1 aliphatic rings. The predicted molar refractivity (Wildman–Crippen MR) is 112 cm³/mol. The van der Waals surface area contributed by atoms with E-state index < -0.39 is 17.8 Å². The first-order valence-electron chi connectivity index (χ1n) is 10.2. The van der Waals surface area contributed by atoms with E-state index >= 15 is 0 Å². The van der Waals surface area contributed by atoms with E-state index in [9.17, 15) is 18.4 Å². The summed E-state index contributed by atoms with van der Waals surface area (Å²) >= 11 is 0. The number of carbonyl (C=O) groups excluding carboxylic acids is 2. The first-order valence-corrected chi connectivity index (χ1v) is 10.2. The Morgan fingerprint density at radius 2 is 1.84 bits per heavy atom. The second kappa shape index (κ2) is 8.71. The number of amides is 2. The van der Waals surface area contributed by atoms with E-state index in [4.69, 9.17) is 0 Å². The van der Waals surface area contributed by atoms with E-state index in [1.807, 2.05) is 22.9 Å². The first kappa shape index (κ1) is 20.8. The van der Waals surface area contributed by atoms with Gasteiger partial charge in [0.1, 0.15) is 24.2 Å². The fourth-order valence-electron chi connectivity index (χ4n) is 4.06. The van der Waals surface area contributed by atoms with E-state index in [0.717, 1.165) is 11.8 Å². The summed E-state index contributed by atoms with van der Waals surface area (Å²) in [6.07, 6.45) is 1.91. The lowest BCUT2D eigenvalue weighted by Crippen LogP contribution is -2.48. The minimum atomic E-state index is -0.583. The van der Waals surface area contributed by atoms with Gasteiger partial charge in [0.2, 0.25) is 5.91 Å². The number of nitrogens with zero attached hydrogens (tertiary/aromatic N) is 3. The fourth-order valence-corrected chi connectivity index (χ4v) is 4.06. The van der Waals surface area contributed by atoms with Gasteiger partial charge in [-0.1, -0.05) is 24.3 Å². The third-order valence-corrected chi connectivity index (χ3v) is 5.63. The maximum atomic E-state index is 14.7. The summed E-state index contributed by atoms with van der Waals surface area (Å²) in [5, 5.41) is 0. The van der Waals surface area contributed by atoms with E-state index in [1.165, 1.54) is 29.2 Å². The Morgan fingerprint density at radius 1 is 1.03 bits per heavy atom. The van der Waals surface area contributed by atoms with E-state index in [0.29, 0.717) is 18.7 Å². The summed E-state index contributed by atoms with van der Waals surface area (Å²) in [5.41, 5.74) is 1.42. The molecule has 160 valence electrons. The van der Waals surface area contributed by atoms with Crippen LogP contribution in [0.15, 0.2) is 66.9 Å². The molecule has 1 unspecified atom stereocenters. The van der Waals surface area contributed by atoms with Crippen molar-refractivity contribution in [3.8, 4) is 0 Å². The van der Waals surface area contributed by atoms with Gasteiger partial charge in [0.05, 0.1) is 0 Å². The number of fused-ring (bicyclic) bond motifs is 1. The standard InChI is InChI=1S/C24H23F2N3O2/c1-2-27(24(31)17-7-5-8-18(25)15-17)16-22(30)29-14-13-28-12-6-11-21(28)23(29)19-9-3-4-10-20(19)26/h3-12,15,23H,2,13-14,16H2,1H3. The third kappa shape index (κ3) is 4.08. The quantitative estimate of drug-likeness (QED) is 0.626. The van der Waals surface area contributed by atoms with Gasteiger partial charge in [0.25, 0.3) is 5.91 Å². The normalized spacial score (nSPS) is 15.5. The van der Waals surface area contributed by atoms with Crippen molar-refractivity contribution in [3.05, 3.63) is 95.3 Å². The highest BCUT2D eigenvalue weighted by Gasteiger charge is 2.34. The second-order valence-electron chi connectivity index (χ2n) is 7.47. The van der Waals surface area contributed by atoms with Crippen molar-refractivity contribution < 1.29 is 18.4 Å². The number of halogens is 2. The molecule has 1 aromatic heterocycles. The van der Waals surface area contributed by atoms with Gasteiger partial charge in [-0.2, -0.15) is 0 Å². The smallest absolute Gasteiger partial charge is 0.254 e. The highest BCUT2D eigenvalue weighted by molar-refractivity contribution is 5.96. The molecule has 2 aromatic carbocycles. The lowest BCUT2D eigenvalue weighted by atomic mass is 9.99. The number of carbonyl (C=O) groups is 2. The number of hydrogen-bond donors (Lipinski definition) is 0. The Morgan fingerprint density at radius 3 is 2.58 bits per heavy atom. The minimum Gasteiger partial charge on any atom is -0.348 e. The highest BCUT2D eigenvalue weighted by Crippen LogP contribution is 2.34. The molecular weight excluding hydrogens is 400 g/mol. The molecule has 0 saturated heterocycles. The molecule has 2 heterocycles. The molecule has 0 fully saturated rings. The Labute approximate surface area is 179 Å². The van der Waals surface area contributed by atoms with Crippen LogP contribution >= 0.6 is 0 Å². The van der Waals surface area contributed by atoms with Crippen LogP contribution in [0, 0.1) is 11.6 Å². The Balaban J connectivity index is 1.62. The van der Waals surface area contributed by atoms with Crippen LogP contribution in [0.5, 0.6) is 0 Å². The van der Waals surface area contributed by atoms with Gasteiger partial charge in [-0.25, -0.2) is 8.78 Å². The number of hydrogen-bond acceptors (Lipinski definition) is 2. The lowest BCUT2D eigenvalue weighted by Gasteiger charge is -2.38. The number of aromatic nitrogens is 1. The average Bonchev–Trinajstić information content (AvgIpc) is 3.25. The van der Waals surface area contributed by atoms with Crippen molar-refractivity contribution in [2.24, 2.45) is 0 Å². The number of rotatable bonds is 5. The summed E-state index contributed by atoms with van der Waals surface area (Å²) in [7, 11) is 0. The zero-order chi connectivity index (χ0) is 22.0. The zero-order valence-electron chi connectivity index (χ0n) is 17.2. The molecule has 0 N–H and O–H groups in total. The lowest BCUT2D eigenvalue weighted by molar-refractivity contribution is -0.134. The molecule has 1 atom stereocenters. The number of benzene rings is 2. The SMILES string of the molecule is CCN(CC(=O)N1CCn2cccc2C1c1ccccc1F)C(=O)c1cccc(F)c1. The van der Waals surface area contributed by atoms with Crippen molar-refractivity contribution in [1.29, 1.82) is 0 Å². The molecule has 0 saturated carbocycles. The average molecular weight is 423 g/mol. The maximum absolute atomic E-state index is 14.7. The van der Waals surface area contributed by atoms with E-state index in [1.54, 1.807) is 30.0 Å². The molecule has 3 aromatic rings. The Hall–Kier alpha value is -3.48. The third-order valence-electron chi connectivity index (χ3n) is 5.63. The van der Waals surface area contributed by atoms with Crippen LogP contribution in [0.1, 0.15) is 34.6 Å². The molecule has 31 heavy (non-hydrogen) atoms. The van der Waals surface area contributed by atoms with Crippen molar-refractivity contribution in [3.63, 3.8) is 0 Å². The van der Waals surface area contributed by atoms with Crippen molar-refractivity contribution >= 4 is 11.8 Å². The molecule has 7 heteroatoms. The van der Waals surface area contributed by atoms with Gasteiger partial charge in [-0.05, 0) is 43.3 Å². The largest absolute Gasteiger partial charge is 0.348 e. The number of likely N-dealkylation sites (N-methyl/N-ethyl adjacent to an activating group) is 1. The summed E-state index contributed by atoms with van der Waals surface area (Å²) < 4.78 is 30.2. The van der Waals surface area contributed by atoms with E-state index in [2.05, 4.69) is 0 Å². The van der Waals surface area contributed by atoms with Gasteiger partial charge in [-0.3, -0.25) is 9.59 Å². The van der Waals surface area contributed by atoms with Crippen LogP contribution in [0.3, 0.4) is 0 Å². The van der Waals surface area contributed by atoms with Crippen molar-refractivity contribution in [1.82, 2.24) is 14.4 Å². The maximum Gasteiger partial charge on any atom is 0.254 e. The summed E-state index contributed by atoms with van der Waals surface area (Å²) in [5.74, 6) is -1.60. The van der Waals surface area contributed by atoms with Gasteiger partial charge < -0.3 is 14.4 Å². The van der Waals surface area contributed by atoms with Crippen molar-refractivity contribution in [2.45, 2.75) is 19.5 Å². The van der Waals surface area contributed by atoms with Crippen LogP contribution in [-0.4, -0.2) is 45.8 Å². The Kier molecular flexibility index (Phi) is 5.84. The molecule has 2 amide bonds. The van der Waals surface area contributed by atoms with Crippen LogP contribution < -0.4 is 0 Å². The molecule has 0 aliphatic carbocycles. The van der Waals surface area contributed by atoms with Gasteiger partial charge >= 0.3 is 0 Å². The topological polar surface area (TPSA) is 45.6 Å². The monoisotopic (exact) mass is 423 g/mol. The summed E-state index contributed by atoms with van der Waals surface area (Å²) in [6, 6.07) is 15.0. The fraction of sp³-hybridized carbons (Fsp3) is 0.250.